The molecule has 1 aromatic carbocycles. The van der Waals surface area contributed by atoms with Crippen LogP contribution in [0.15, 0.2) is 17.0 Å². The molecule has 0 unspecified atom stereocenters. The Morgan fingerprint density at radius 3 is 2.67 bits per heavy atom. The van der Waals surface area contributed by atoms with Crippen LogP contribution in [0, 0.1) is 6.92 Å². The molecule has 2 N–H and O–H groups in total. The van der Waals surface area contributed by atoms with Gasteiger partial charge >= 0.3 is 0 Å². The Labute approximate surface area is 131 Å². The molecule has 21 heavy (non-hydrogen) atoms. The number of hydrogen-bond acceptors (Lipinski definition) is 4. The topological polar surface area (TPSA) is 75.6 Å². The maximum atomic E-state index is 12.3. The lowest BCUT2D eigenvalue weighted by Crippen LogP contribution is -2.26. The van der Waals surface area contributed by atoms with E-state index < -0.39 is 10.0 Å². The van der Waals surface area contributed by atoms with Crippen LogP contribution in [0.3, 0.4) is 0 Å². The van der Waals surface area contributed by atoms with E-state index >= 15 is 0 Å². The van der Waals surface area contributed by atoms with Gasteiger partial charge in [0, 0.05) is 24.8 Å². The van der Waals surface area contributed by atoms with Crippen molar-refractivity contribution in [2.45, 2.75) is 38.2 Å². The molecule has 0 atom stereocenters. The van der Waals surface area contributed by atoms with Crippen LogP contribution in [0.4, 0.5) is 0 Å². The maximum absolute atomic E-state index is 12.3. The Morgan fingerprint density at radius 1 is 1.33 bits per heavy atom. The van der Waals surface area contributed by atoms with Gasteiger partial charge in [-0.1, -0.05) is 18.5 Å². The molecule has 0 aromatic heterocycles. The van der Waals surface area contributed by atoms with Crippen LogP contribution < -0.4 is 4.72 Å². The fourth-order valence-electron chi connectivity index (χ4n) is 1.86. The van der Waals surface area contributed by atoms with E-state index in [4.69, 9.17) is 16.3 Å². The molecule has 0 spiro atoms. The number of nitrogens with one attached hydrogen (secondary N) is 1. The second kappa shape index (κ2) is 8.70. The van der Waals surface area contributed by atoms with Crippen molar-refractivity contribution in [3.05, 3.63) is 28.3 Å². The number of aliphatic hydroxyl groups excluding tert-OH is 1. The van der Waals surface area contributed by atoms with Gasteiger partial charge in [0.15, 0.2) is 0 Å². The predicted molar refractivity (Wildman–Crippen MR) is 83.0 cm³/mol. The van der Waals surface area contributed by atoms with Crippen LogP contribution in [0.1, 0.15) is 30.9 Å². The lowest BCUT2D eigenvalue weighted by atomic mass is 10.1. The van der Waals surface area contributed by atoms with Crippen LogP contribution >= 0.6 is 11.6 Å². The number of sulfonamides is 1. The molecule has 120 valence electrons. The van der Waals surface area contributed by atoms with Crippen molar-refractivity contribution in [1.29, 1.82) is 0 Å². The average molecular weight is 336 g/mol. The van der Waals surface area contributed by atoms with Gasteiger partial charge in [-0.15, -0.1) is 0 Å². The Hall–Kier alpha value is -0.660. The standard InChI is InChI=1S/C14H22ClNO4S/c1-3-6-20-7-4-5-16-21(18,19)14-9-13(15)8-12(10-17)11(14)2/h8-9,16-17H,3-7,10H2,1-2H3. The average Bonchev–Trinajstić information content (AvgIpc) is 2.44. The van der Waals surface area contributed by atoms with Gasteiger partial charge in [0.2, 0.25) is 10.0 Å². The number of rotatable bonds is 9. The quantitative estimate of drug-likeness (QED) is 0.679. The van der Waals surface area contributed by atoms with E-state index in [2.05, 4.69) is 4.72 Å². The minimum atomic E-state index is -3.64. The van der Waals surface area contributed by atoms with E-state index in [1.807, 2.05) is 6.92 Å². The summed E-state index contributed by atoms with van der Waals surface area (Å²) in [5.74, 6) is 0. The summed E-state index contributed by atoms with van der Waals surface area (Å²) in [6.45, 7) is 4.92. The molecule has 0 saturated heterocycles. The first-order valence-corrected chi connectivity index (χ1v) is 8.75. The highest BCUT2D eigenvalue weighted by atomic mass is 35.5. The zero-order valence-electron chi connectivity index (χ0n) is 12.4. The number of aliphatic hydroxyl groups is 1. The zero-order chi connectivity index (χ0) is 15.9. The highest BCUT2D eigenvalue weighted by Gasteiger charge is 2.19. The lowest BCUT2D eigenvalue weighted by Gasteiger charge is -2.12. The molecule has 0 aliphatic rings. The Morgan fingerprint density at radius 2 is 2.05 bits per heavy atom. The van der Waals surface area contributed by atoms with Gasteiger partial charge in [0.05, 0.1) is 11.5 Å². The van der Waals surface area contributed by atoms with Crippen molar-refractivity contribution in [1.82, 2.24) is 4.72 Å². The van der Waals surface area contributed by atoms with Crippen molar-refractivity contribution >= 4 is 21.6 Å². The molecule has 0 radical (unpaired) electrons. The summed E-state index contributed by atoms with van der Waals surface area (Å²) >= 11 is 5.90. The van der Waals surface area contributed by atoms with Gasteiger partial charge in [0.1, 0.15) is 0 Å². The normalized spacial score (nSPS) is 11.8. The van der Waals surface area contributed by atoms with Gasteiger partial charge in [-0.2, -0.15) is 0 Å². The number of halogens is 1. The molecule has 1 aromatic rings. The molecule has 7 heteroatoms. The van der Waals surface area contributed by atoms with Gasteiger partial charge in [-0.3, -0.25) is 0 Å². The first kappa shape index (κ1) is 18.4. The van der Waals surface area contributed by atoms with E-state index in [1.54, 1.807) is 13.0 Å². The Kier molecular flexibility index (Phi) is 7.62. The van der Waals surface area contributed by atoms with Crippen LogP contribution in [0.2, 0.25) is 5.02 Å². The highest BCUT2D eigenvalue weighted by Crippen LogP contribution is 2.24. The van der Waals surface area contributed by atoms with Gasteiger partial charge < -0.3 is 9.84 Å². The molecule has 0 aliphatic carbocycles. The molecule has 0 amide bonds. The maximum Gasteiger partial charge on any atom is 0.240 e. The molecule has 0 saturated carbocycles. The second-order valence-electron chi connectivity index (χ2n) is 4.71. The Bertz CT molecular complexity index is 560. The van der Waals surface area contributed by atoms with Gasteiger partial charge in [-0.25, -0.2) is 13.1 Å². The SMILES string of the molecule is CCCOCCCNS(=O)(=O)c1cc(Cl)cc(CO)c1C. The third kappa shape index (κ3) is 5.56. The van der Waals surface area contributed by atoms with E-state index in [0.29, 0.717) is 37.3 Å². The summed E-state index contributed by atoms with van der Waals surface area (Å²) in [6.07, 6.45) is 1.54. The number of benzene rings is 1. The summed E-state index contributed by atoms with van der Waals surface area (Å²) in [4.78, 5) is 0.105. The summed E-state index contributed by atoms with van der Waals surface area (Å²) in [6, 6.07) is 2.96. The first-order valence-electron chi connectivity index (χ1n) is 6.89. The molecular formula is C14H22ClNO4S. The van der Waals surface area contributed by atoms with E-state index in [0.717, 1.165) is 6.42 Å². The second-order valence-corrected chi connectivity index (χ2v) is 6.88. The molecule has 1 rings (SSSR count). The minimum Gasteiger partial charge on any atom is -0.392 e. The van der Waals surface area contributed by atoms with Gasteiger partial charge in [0.25, 0.3) is 0 Å². The van der Waals surface area contributed by atoms with Crippen LogP contribution in [0.5, 0.6) is 0 Å². The summed E-state index contributed by atoms with van der Waals surface area (Å²) in [5.41, 5.74) is 1.02. The summed E-state index contributed by atoms with van der Waals surface area (Å²) in [5, 5.41) is 9.53. The van der Waals surface area contributed by atoms with Gasteiger partial charge in [-0.05, 0) is 43.0 Å². The molecule has 0 bridgehead atoms. The van der Waals surface area contributed by atoms with E-state index in [9.17, 15) is 13.5 Å². The monoisotopic (exact) mass is 335 g/mol. The van der Waals surface area contributed by atoms with Crippen molar-refractivity contribution in [3.8, 4) is 0 Å². The molecule has 0 aliphatic heterocycles. The zero-order valence-corrected chi connectivity index (χ0v) is 13.9. The largest absolute Gasteiger partial charge is 0.392 e. The number of hydrogen-bond donors (Lipinski definition) is 2. The third-order valence-electron chi connectivity index (χ3n) is 3.00. The fraction of sp³-hybridized carbons (Fsp3) is 0.571. The minimum absolute atomic E-state index is 0.105. The van der Waals surface area contributed by atoms with Crippen molar-refractivity contribution in [2.24, 2.45) is 0 Å². The summed E-state index contributed by atoms with van der Waals surface area (Å²) < 4.78 is 32.4. The molecule has 5 nitrogen and oxygen atoms in total. The summed E-state index contributed by atoms with van der Waals surface area (Å²) in [7, 11) is -3.64. The first-order chi connectivity index (χ1) is 9.92. The Balaban J connectivity index is 2.72. The van der Waals surface area contributed by atoms with Crippen LogP contribution in [-0.2, 0) is 21.4 Å². The van der Waals surface area contributed by atoms with Crippen molar-refractivity contribution in [2.75, 3.05) is 19.8 Å². The third-order valence-corrected chi connectivity index (χ3v) is 4.80. The fourth-order valence-corrected chi connectivity index (χ4v) is 3.55. The van der Waals surface area contributed by atoms with Crippen molar-refractivity contribution in [3.63, 3.8) is 0 Å². The van der Waals surface area contributed by atoms with Crippen LogP contribution in [-0.4, -0.2) is 33.3 Å². The molecule has 0 heterocycles. The number of ether oxygens (including phenoxy) is 1. The smallest absolute Gasteiger partial charge is 0.240 e. The van der Waals surface area contributed by atoms with E-state index in [1.165, 1.54) is 6.07 Å². The highest BCUT2D eigenvalue weighted by molar-refractivity contribution is 7.89. The van der Waals surface area contributed by atoms with Crippen molar-refractivity contribution < 1.29 is 18.3 Å². The molecular weight excluding hydrogens is 314 g/mol. The predicted octanol–water partition coefficient (Wildman–Crippen LogP) is 2.24. The van der Waals surface area contributed by atoms with E-state index in [-0.39, 0.29) is 16.5 Å². The van der Waals surface area contributed by atoms with Crippen LogP contribution in [0.25, 0.3) is 0 Å². The molecule has 0 fully saturated rings. The lowest BCUT2D eigenvalue weighted by molar-refractivity contribution is 0.133.